The number of nitrogens with zero attached hydrogens (tertiary/aromatic N) is 2. The molecule has 0 bridgehead atoms. The molecule has 1 aliphatic heterocycles. The molecule has 1 amide bonds. The molecule has 0 aliphatic carbocycles. The van der Waals surface area contributed by atoms with Crippen LogP contribution >= 0.6 is 0 Å². The summed E-state index contributed by atoms with van der Waals surface area (Å²) in [5, 5.41) is 24.4. The minimum Gasteiger partial charge on any atom is -0.508 e. The molecule has 0 unspecified atom stereocenters. The van der Waals surface area contributed by atoms with E-state index in [0.717, 1.165) is 42.8 Å². The van der Waals surface area contributed by atoms with Gasteiger partial charge in [0.1, 0.15) is 5.75 Å². The number of nitrogens with one attached hydrogen (secondary N) is 3. The molecule has 1 aliphatic rings. The van der Waals surface area contributed by atoms with Crippen molar-refractivity contribution in [2.75, 3.05) is 13.1 Å². The van der Waals surface area contributed by atoms with Crippen molar-refractivity contribution in [3.8, 4) is 17.0 Å². The molecule has 3 heterocycles. The average molecular weight is 454 g/mol. The highest BCUT2D eigenvalue weighted by molar-refractivity contribution is 6.09. The summed E-state index contributed by atoms with van der Waals surface area (Å²) in [4.78, 5) is 18.3. The lowest BCUT2D eigenvalue weighted by Crippen LogP contribution is -2.52. The number of piperidine rings is 1. The SMILES string of the molecule is CC1(NC(=O)c2cc(-c3ccc(O)cc3)nc3n[nH]c(C=Cc4ccccc4)c23)CCNCC1. The van der Waals surface area contributed by atoms with Gasteiger partial charge in [0.25, 0.3) is 5.91 Å². The Balaban J connectivity index is 1.59. The Bertz CT molecular complexity index is 1340. The standard InChI is InChI=1S/C27H27N5O2/c1-27(13-15-28-16-14-27)30-26(34)21-17-23(19-8-10-20(33)11-9-19)29-25-24(21)22(31-32-25)12-7-18-5-3-2-4-6-18/h2-12,17,28,33H,13-16H2,1H3,(H,30,34)(H,29,31,32). The molecule has 0 atom stereocenters. The normalized spacial score (nSPS) is 15.6. The number of phenolic OH excluding ortho intramolecular Hbond substituents is 1. The van der Waals surface area contributed by atoms with Gasteiger partial charge in [0.05, 0.1) is 22.3 Å². The van der Waals surface area contributed by atoms with Gasteiger partial charge >= 0.3 is 0 Å². The lowest BCUT2D eigenvalue weighted by atomic mass is 9.90. The van der Waals surface area contributed by atoms with Gasteiger partial charge in [0.2, 0.25) is 0 Å². The number of hydrogen-bond donors (Lipinski definition) is 4. The fourth-order valence-corrected chi connectivity index (χ4v) is 4.32. The molecule has 4 aromatic rings. The van der Waals surface area contributed by atoms with Gasteiger partial charge in [-0.05, 0) is 74.8 Å². The van der Waals surface area contributed by atoms with Crippen LogP contribution in [0, 0.1) is 0 Å². The van der Waals surface area contributed by atoms with Gasteiger partial charge in [-0.2, -0.15) is 5.10 Å². The van der Waals surface area contributed by atoms with Crippen molar-refractivity contribution in [1.82, 2.24) is 25.8 Å². The second-order valence-corrected chi connectivity index (χ2v) is 8.95. The highest BCUT2D eigenvalue weighted by Gasteiger charge is 2.30. The van der Waals surface area contributed by atoms with Crippen LogP contribution in [-0.2, 0) is 0 Å². The molecule has 2 aromatic carbocycles. The molecule has 5 rings (SSSR count). The van der Waals surface area contributed by atoms with Gasteiger partial charge in [-0.3, -0.25) is 9.89 Å². The number of carbonyl (C=O) groups is 1. The number of aromatic nitrogens is 3. The Kier molecular flexibility index (Phi) is 5.86. The molecule has 172 valence electrons. The molecule has 0 radical (unpaired) electrons. The number of hydrogen-bond acceptors (Lipinski definition) is 5. The maximum Gasteiger partial charge on any atom is 0.252 e. The zero-order valence-corrected chi connectivity index (χ0v) is 19.0. The van der Waals surface area contributed by atoms with E-state index in [1.165, 1.54) is 0 Å². The summed E-state index contributed by atoms with van der Waals surface area (Å²) in [5.74, 6) is 0.0299. The lowest BCUT2D eigenvalue weighted by Gasteiger charge is -2.35. The van der Waals surface area contributed by atoms with Crippen LogP contribution in [0.4, 0.5) is 0 Å². The fourth-order valence-electron chi connectivity index (χ4n) is 4.32. The summed E-state index contributed by atoms with van der Waals surface area (Å²) in [7, 11) is 0. The molecule has 4 N–H and O–H groups in total. The minimum atomic E-state index is -0.277. The van der Waals surface area contributed by atoms with Gasteiger partial charge in [-0.25, -0.2) is 4.98 Å². The van der Waals surface area contributed by atoms with Gasteiger partial charge in [-0.15, -0.1) is 0 Å². The molecule has 1 saturated heterocycles. The number of H-pyrrole nitrogens is 1. The highest BCUT2D eigenvalue weighted by atomic mass is 16.3. The van der Waals surface area contributed by atoms with E-state index in [0.29, 0.717) is 22.3 Å². The summed E-state index contributed by atoms with van der Waals surface area (Å²) in [6.07, 6.45) is 5.64. The largest absolute Gasteiger partial charge is 0.508 e. The lowest BCUT2D eigenvalue weighted by molar-refractivity contribution is 0.0889. The Morgan fingerprint density at radius 1 is 1.06 bits per heavy atom. The Morgan fingerprint density at radius 3 is 2.53 bits per heavy atom. The molecule has 0 spiro atoms. The zero-order chi connectivity index (χ0) is 23.5. The van der Waals surface area contributed by atoms with Crippen molar-refractivity contribution < 1.29 is 9.90 Å². The Labute approximate surface area is 197 Å². The number of fused-ring (bicyclic) bond motifs is 1. The quantitative estimate of drug-likeness (QED) is 0.359. The van der Waals surface area contributed by atoms with Crippen LogP contribution in [0.15, 0.2) is 60.7 Å². The summed E-state index contributed by atoms with van der Waals surface area (Å²) < 4.78 is 0. The van der Waals surface area contributed by atoms with E-state index in [4.69, 9.17) is 4.98 Å². The number of amides is 1. The minimum absolute atomic E-state index is 0.146. The predicted octanol–water partition coefficient (Wildman–Crippen LogP) is 4.37. The first-order chi connectivity index (χ1) is 16.5. The van der Waals surface area contributed by atoms with Gasteiger partial charge < -0.3 is 15.7 Å². The molecule has 34 heavy (non-hydrogen) atoms. The van der Waals surface area contributed by atoms with Crippen LogP contribution in [0.2, 0.25) is 0 Å². The first kappa shape index (κ1) is 21.9. The summed E-state index contributed by atoms with van der Waals surface area (Å²) in [6.45, 7) is 3.84. The monoisotopic (exact) mass is 453 g/mol. The predicted molar refractivity (Wildman–Crippen MR) is 134 cm³/mol. The van der Waals surface area contributed by atoms with Gasteiger partial charge in [-0.1, -0.05) is 36.4 Å². The third-order valence-corrected chi connectivity index (χ3v) is 6.32. The maximum atomic E-state index is 13.6. The van der Waals surface area contributed by atoms with E-state index in [1.807, 2.05) is 48.6 Å². The number of aromatic hydroxyl groups is 1. The number of phenols is 1. The molecule has 7 heteroatoms. The van der Waals surface area contributed by atoms with Crippen molar-refractivity contribution >= 4 is 29.1 Å². The third-order valence-electron chi connectivity index (χ3n) is 6.32. The fraction of sp³-hybridized carbons (Fsp3) is 0.222. The number of carbonyl (C=O) groups excluding carboxylic acids is 1. The van der Waals surface area contributed by atoms with E-state index < -0.39 is 0 Å². The topological polar surface area (TPSA) is 103 Å². The number of pyridine rings is 1. The van der Waals surface area contributed by atoms with Crippen LogP contribution in [-0.4, -0.2) is 44.8 Å². The van der Waals surface area contributed by atoms with E-state index in [1.54, 1.807) is 24.3 Å². The Hall–Kier alpha value is -3.97. The Morgan fingerprint density at radius 2 is 1.79 bits per heavy atom. The molecule has 0 saturated carbocycles. The van der Waals surface area contributed by atoms with E-state index in [-0.39, 0.29) is 17.2 Å². The second-order valence-electron chi connectivity index (χ2n) is 8.95. The van der Waals surface area contributed by atoms with Crippen LogP contribution in [0.1, 0.15) is 41.4 Å². The summed E-state index contributed by atoms with van der Waals surface area (Å²) in [5.41, 5.74) is 3.91. The maximum absolute atomic E-state index is 13.6. The van der Waals surface area contributed by atoms with Crippen molar-refractivity contribution in [2.24, 2.45) is 0 Å². The van der Waals surface area contributed by atoms with Crippen molar-refractivity contribution in [1.29, 1.82) is 0 Å². The number of rotatable bonds is 5. The average Bonchev–Trinajstić information content (AvgIpc) is 3.26. The molecule has 7 nitrogen and oxygen atoms in total. The zero-order valence-electron chi connectivity index (χ0n) is 19.0. The van der Waals surface area contributed by atoms with E-state index in [9.17, 15) is 9.90 Å². The van der Waals surface area contributed by atoms with Crippen molar-refractivity contribution in [3.05, 3.63) is 77.5 Å². The van der Waals surface area contributed by atoms with Crippen LogP contribution in [0.5, 0.6) is 5.75 Å². The first-order valence-electron chi connectivity index (χ1n) is 11.5. The highest BCUT2D eigenvalue weighted by Crippen LogP contribution is 2.29. The number of aromatic amines is 1. The van der Waals surface area contributed by atoms with Crippen LogP contribution in [0.25, 0.3) is 34.4 Å². The molecule has 1 fully saturated rings. The first-order valence-corrected chi connectivity index (χ1v) is 11.5. The smallest absolute Gasteiger partial charge is 0.252 e. The summed E-state index contributed by atoms with van der Waals surface area (Å²) >= 11 is 0. The third kappa shape index (κ3) is 4.56. The number of benzene rings is 2. The van der Waals surface area contributed by atoms with Crippen molar-refractivity contribution in [2.45, 2.75) is 25.3 Å². The van der Waals surface area contributed by atoms with Crippen LogP contribution in [0.3, 0.4) is 0 Å². The second kappa shape index (κ2) is 9.11. The van der Waals surface area contributed by atoms with E-state index in [2.05, 4.69) is 27.8 Å². The summed E-state index contributed by atoms with van der Waals surface area (Å²) in [6, 6.07) is 18.5. The van der Waals surface area contributed by atoms with E-state index >= 15 is 0 Å². The van der Waals surface area contributed by atoms with Crippen molar-refractivity contribution in [3.63, 3.8) is 0 Å². The molecular formula is C27H27N5O2. The van der Waals surface area contributed by atoms with Crippen LogP contribution < -0.4 is 10.6 Å². The van der Waals surface area contributed by atoms with Gasteiger partial charge in [0, 0.05) is 11.1 Å². The molecule has 2 aromatic heterocycles. The molecular weight excluding hydrogens is 426 g/mol. The van der Waals surface area contributed by atoms with Gasteiger partial charge in [0.15, 0.2) is 5.65 Å².